The number of urea groups is 1. The third-order valence-corrected chi connectivity index (χ3v) is 4.39. The Bertz CT molecular complexity index is 760. The molecule has 0 atom stereocenters. The van der Waals surface area contributed by atoms with E-state index in [-0.39, 0.29) is 30.4 Å². The molecule has 1 aliphatic heterocycles. The number of amides is 3. The third kappa shape index (κ3) is 5.70. The monoisotopic (exact) mass is 371 g/mol. The van der Waals surface area contributed by atoms with Crippen LogP contribution < -0.4 is 15.4 Å². The fraction of sp³-hybridized carbons (Fsp3) is 0.300. The van der Waals surface area contributed by atoms with E-state index in [0.717, 1.165) is 5.69 Å². The topological polar surface area (TPSA) is 70.7 Å². The van der Waals surface area contributed by atoms with Crippen molar-refractivity contribution in [2.45, 2.75) is 18.9 Å². The van der Waals surface area contributed by atoms with Crippen molar-refractivity contribution in [1.82, 2.24) is 10.2 Å². The molecule has 2 N–H and O–H groups in total. The fourth-order valence-electron chi connectivity index (χ4n) is 2.91. The van der Waals surface area contributed by atoms with Gasteiger partial charge in [-0.15, -0.1) is 0 Å². The first-order valence-corrected chi connectivity index (χ1v) is 8.89. The normalized spacial score (nSPS) is 14.5. The van der Waals surface area contributed by atoms with Crippen LogP contribution >= 0.6 is 0 Å². The quantitative estimate of drug-likeness (QED) is 0.849. The first-order valence-electron chi connectivity index (χ1n) is 8.89. The van der Waals surface area contributed by atoms with Crippen molar-refractivity contribution in [2.24, 2.45) is 0 Å². The minimum Gasteiger partial charge on any atom is -0.484 e. The van der Waals surface area contributed by atoms with E-state index in [1.165, 1.54) is 24.3 Å². The molecule has 0 saturated carbocycles. The van der Waals surface area contributed by atoms with Crippen molar-refractivity contribution in [3.05, 3.63) is 60.4 Å². The highest BCUT2D eigenvalue weighted by Crippen LogP contribution is 2.14. The molecule has 142 valence electrons. The highest BCUT2D eigenvalue weighted by molar-refractivity contribution is 5.89. The van der Waals surface area contributed by atoms with Crippen molar-refractivity contribution < 1.29 is 18.7 Å². The highest BCUT2D eigenvalue weighted by atomic mass is 19.1. The molecule has 0 spiro atoms. The molecule has 7 heteroatoms. The van der Waals surface area contributed by atoms with Gasteiger partial charge in [0.05, 0.1) is 0 Å². The minimum absolute atomic E-state index is 0.0239. The average Bonchev–Trinajstić information content (AvgIpc) is 2.68. The summed E-state index contributed by atoms with van der Waals surface area (Å²) in [6.45, 7) is 1.03. The molecule has 1 fully saturated rings. The van der Waals surface area contributed by atoms with Crippen LogP contribution in [-0.4, -0.2) is 42.6 Å². The number of para-hydroxylation sites is 1. The maximum atomic E-state index is 12.9. The van der Waals surface area contributed by atoms with Crippen LogP contribution in [0.2, 0.25) is 0 Å². The van der Waals surface area contributed by atoms with Crippen molar-refractivity contribution >= 4 is 17.6 Å². The van der Waals surface area contributed by atoms with Crippen LogP contribution in [-0.2, 0) is 4.79 Å². The number of hydrogen-bond acceptors (Lipinski definition) is 3. The summed E-state index contributed by atoms with van der Waals surface area (Å²) in [5.41, 5.74) is 0.737. The number of rotatable bonds is 5. The van der Waals surface area contributed by atoms with E-state index in [0.29, 0.717) is 31.7 Å². The zero-order chi connectivity index (χ0) is 19.1. The summed E-state index contributed by atoms with van der Waals surface area (Å²) in [6, 6.07) is 14.6. The van der Waals surface area contributed by atoms with Gasteiger partial charge in [0.1, 0.15) is 11.6 Å². The van der Waals surface area contributed by atoms with Crippen molar-refractivity contribution in [1.29, 1.82) is 0 Å². The minimum atomic E-state index is -0.348. The molecule has 0 unspecified atom stereocenters. The Balaban J connectivity index is 1.38. The number of likely N-dealkylation sites (tertiary alicyclic amines) is 1. The molecule has 1 saturated heterocycles. The molecule has 1 aliphatic rings. The molecule has 1 heterocycles. The Kier molecular flexibility index (Phi) is 6.25. The van der Waals surface area contributed by atoms with Crippen LogP contribution in [0.5, 0.6) is 5.75 Å². The maximum Gasteiger partial charge on any atom is 0.319 e. The number of anilines is 1. The van der Waals surface area contributed by atoms with Gasteiger partial charge >= 0.3 is 6.03 Å². The fourth-order valence-corrected chi connectivity index (χ4v) is 2.91. The van der Waals surface area contributed by atoms with E-state index < -0.39 is 0 Å². The van der Waals surface area contributed by atoms with E-state index in [1.54, 1.807) is 4.90 Å². The average molecular weight is 371 g/mol. The molecule has 3 amide bonds. The van der Waals surface area contributed by atoms with E-state index in [1.807, 2.05) is 30.3 Å². The Morgan fingerprint density at radius 1 is 1.04 bits per heavy atom. The molecule has 2 aromatic carbocycles. The molecule has 0 aromatic heterocycles. The first-order chi connectivity index (χ1) is 13.1. The molecular formula is C20H22FN3O3. The molecule has 2 aromatic rings. The highest BCUT2D eigenvalue weighted by Gasteiger charge is 2.24. The predicted octanol–water partition coefficient (Wildman–Crippen LogP) is 3.02. The largest absolute Gasteiger partial charge is 0.484 e. The molecule has 27 heavy (non-hydrogen) atoms. The lowest BCUT2D eigenvalue weighted by molar-refractivity contribution is -0.134. The Hall–Kier alpha value is -3.09. The second-order valence-electron chi connectivity index (χ2n) is 6.36. The number of nitrogens with one attached hydrogen (secondary N) is 2. The van der Waals surface area contributed by atoms with Gasteiger partial charge in [-0.25, -0.2) is 9.18 Å². The smallest absolute Gasteiger partial charge is 0.319 e. The van der Waals surface area contributed by atoms with Gasteiger partial charge in [-0.1, -0.05) is 18.2 Å². The Morgan fingerprint density at radius 3 is 2.37 bits per heavy atom. The standard InChI is InChI=1S/C20H22FN3O3/c21-15-6-8-18(9-7-15)27-14-19(25)24-12-10-17(11-13-24)23-20(26)22-16-4-2-1-3-5-16/h1-9,17H,10-14H2,(H2,22,23,26). The van der Waals surface area contributed by atoms with Crippen LogP contribution in [0.1, 0.15) is 12.8 Å². The van der Waals surface area contributed by atoms with Gasteiger partial charge in [-0.3, -0.25) is 4.79 Å². The SMILES string of the molecule is O=C(Nc1ccccc1)NC1CCN(C(=O)COc2ccc(F)cc2)CC1. The summed E-state index contributed by atoms with van der Waals surface area (Å²) in [7, 11) is 0. The van der Waals surface area contributed by atoms with Crippen LogP contribution in [0.15, 0.2) is 54.6 Å². The van der Waals surface area contributed by atoms with Gasteiger partial charge in [0, 0.05) is 24.8 Å². The molecule has 3 rings (SSSR count). The summed E-state index contributed by atoms with van der Waals surface area (Å²) in [6.07, 6.45) is 1.37. The van der Waals surface area contributed by atoms with E-state index in [4.69, 9.17) is 4.74 Å². The number of nitrogens with zero attached hydrogens (tertiary/aromatic N) is 1. The summed E-state index contributed by atoms with van der Waals surface area (Å²) in [5, 5.41) is 5.72. The van der Waals surface area contributed by atoms with Gasteiger partial charge in [-0.05, 0) is 49.2 Å². The summed E-state index contributed by atoms with van der Waals surface area (Å²) in [4.78, 5) is 26.0. The molecular weight excluding hydrogens is 349 g/mol. The van der Waals surface area contributed by atoms with Crippen LogP contribution in [0.3, 0.4) is 0 Å². The number of benzene rings is 2. The number of ether oxygens (including phenoxy) is 1. The van der Waals surface area contributed by atoms with E-state index >= 15 is 0 Å². The van der Waals surface area contributed by atoms with Gasteiger partial charge in [0.15, 0.2) is 6.61 Å². The lowest BCUT2D eigenvalue weighted by Gasteiger charge is -2.32. The lowest BCUT2D eigenvalue weighted by atomic mass is 10.1. The van der Waals surface area contributed by atoms with Crippen molar-refractivity contribution in [3.63, 3.8) is 0 Å². The lowest BCUT2D eigenvalue weighted by Crippen LogP contribution is -2.48. The molecule has 6 nitrogen and oxygen atoms in total. The van der Waals surface area contributed by atoms with Crippen molar-refractivity contribution in [2.75, 3.05) is 25.0 Å². The Morgan fingerprint density at radius 2 is 1.70 bits per heavy atom. The number of carbonyl (C=O) groups is 2. The summed E-state index contributed by atoms with van der Waals surface area (Å²) < 4.78 is 18.3. The van der Waals surface area contributed by atoms with Gasteiger partial charge in [-0.2, -0.15) is 0 Å². The summed E-state index contributed by atoms with van der Waals surface area (Å²) >= 11 is 0. The third-order valence-electron chi connectivity index (χ3n) is 4.39. The summed E-state index contributed by atoms with van der Waals surface area (Å²) in [5.74, 6) is -0.00931. The van der Waals surface area contributed by atoms with E-state index in [2.05, 4.69) is 10.6 Å². The number of hydrogen-bond donors (Lipinski definition) is 2. The van der Waals surface area contributed by atoms with E-state index in [9.17, 15) is 14.0 Å². The number of carbonyl (C=O) groups excluding carboxylic acids is 2. The van der Waals surface area contributed by atoms with Gasteiger partial charge in [0.25, 0.3) is 5.91 Å². The van der Waals surface area contributed by atoms with Crippen LogP contribution in [0.25, 0.3) is 0 Å². The maximum absolute atomic E-state index is 12.9. The second-order valence-corrected chi connectivity index (χ2v) is 6.36. The Labute approximate surface area is 157 Å². The molecule has 0 radical (unpaired) electrons. The van der Waals surface area contributed by atoms with Gasteiger partial charge < -0.3 is 20.3 Å². The number of halogens is 1. The zero-order valence-corrected chi connectivity index (χ0v) is 14.9. The number of piperidine rings is 1. The zero-order valence-electron chi connectivity index (χ0n) is 14.9. The van der Waals surface area contributed by atoms with Crippen molar-refractivity contribution in [3.8, 4) is 5.75 Å². The van der Waals surface area contributed by atoms with Gasteiger partial charge in [0.2, 0.25) is 0 Å². The first kappa shape index (κ1) is 18.7. The van der Waals surface area contributed by atoms with Crippen LogP contribution in [0.4, 0.5) is 14.9 Å². The molecule has 0 bridgehead atoms. The van der Waals surface area contributed by atoms with Crippen LogP contribution in [0, 0.1) is 5.82 Å². The molecule has 0 aliphatic carbocycles. The second kappa shape index (κ2) is 9.02. The predicted molar refractivity (Wildman–Crippen MR) is 100 cm³/mol.